The van der Waals surface area contributed by atoms with Crippen molar-refractivity contribution in [1.82, 2.24) is 0 Å². The third-order valence-electron chi connectivity index (χ3n) is 12.9. The topological polar surface area (TPSA) is 22.4 Å². The fourth-order valence-corrected chi connectivity index (χ4v) is 9.69. The Balaban J connectivity index is 0.838. The lowest BCUT2D eigenvalue weighted by Gasteiger charge is -2.19. The maximum atomic E-state index is 6.57. The summed E-state index contributed by atoms with van der Waals surface area (Å²) in [5.41, 5.74) is 12.6. The van der Waals surface area contributed by atoms with Gasteiger partial charge in [-0.2, -0.15) is 0 Å². The fraction of sp³-hybridized carbons (Fsp3) is 0.0345. The lowest BCUT2D eigenvalue weighted by atomic mass is 9.86. The van der Waals surface area contributed by atoms with Crippen molar-refractivity contribution in [3.8, 4) is 39.1 Å². The molecule has 2 nitrogen and oxygen atoms in total. The molecule has 0 radical (unpaired) electrons. The van der Waals surface area contributed by atoms with Gasteiger partial charge in [-0.3, -0.25) is 0 Å². The summed E-state index contributed by atoms with van der Waals surface area (Å²) in [5.74, 6) is 1.00. The molecule has 0 bridgehead atoms. The summed E-state index contributed by atoms with van der Waals surface area (Å²) in [5, 5.41) is 12.2. The molecule has 280 valence electrons. The highest BCUT2D eigenvalue weighted by Crippen LogP contribution is 2.47. The van der Waals surface area contributed by atoms with Crippen molar-refractivity contribution in [1.29, 1.82) is 0 Å². The van der Waals surface area contributed by atoms with Crippen molar-refractivity contribution in [2.75, 3.05) is 0 Å². The predicted octanol–water partition coefficient (Wildman–Crippen LogP) is 15.7. The first-order valence-corrected chi connectivity index (χ1v) is 20.8. The van der Waals surface area contributed by atoms with E-state index in [9.17, 15) is 0 Å². The minimum Gasteiger partial charge on any atom is -0.485 e. The van der Waals surface area contributed by atoms with Crippen LogP contribution in [0, 0.1) is 0 Å². The van der Waals surface area contributed by atoms with Gasteiger partial charge in [0, 0.05) is 28.3 Å². The zero-order valence-corrected chi connectivity index (χ0v) is 32.6. The molecule has 2 atom stereocenters. The number of fused-ring (bicyclic) bond motifs is 10. The second kappa shape index (κ2) is 12.9. The molecule has 2 heteroatoms. The number of benzene rings is 10. The minimum atomic E-state index is -0.0471. The Kier molecular flexibility index (Phi) is 7.17. The highest BCUT2D eigenvalue weighted by atomic mass is 16.5. The first kappa shape index (κ1) is 33.3. The smallest absolute Gasteiger partial charge is 0.139 e. The van der Waals surface area contributed by atoms with E-state index in [2.05, 4.69) is 206 Å². The van der Waals surface area contributed by atoms with Gasteiger partial charge in [0.25, 0.3) is 0 Å². The van der Waals surface area contributed by atoms with Crippen LogP contribution in [-0.4, -0.2) is 6.10 Å². The van der Waals surface area contributed by atoms with Crippen LogP contribution in [0.25, 0.3) is 104 Å². The molecule has 0 amide bonds. The Hall–Kier alpha value is -7.68. The fourth-order valence-electron chi connectivity index (χ4n) is 9.69. The number of rotatable bonds is 4. The van der Waals surface area contributed by atoms with Crippen molar-refractivity contribution in [3.05, 3.63) is 217 Å². The van der Waals surface area contributed by atoms with E-state index in [1.807, 2.05) is 0 Å². The van der Waals surface area contributed by atoms with Gasteiger partial charge in [0.15, 0.2) is 0 Å². The van der Waals surface area contributed by atoms with E-state index in [0.717, 1.165) is 27.7 Å². The summed E-state index contributed by atoms with van der Waals surface area (Å²) < 4.78 is 13.0. The first-order valence-electron chi connectivity index (χ1n) is 20.8. The van der Waals surface area contributed by atoms with E-state index >= 15 is 0 Å². The summed E-state index contributed by atoms with van der Waals surface area (Å²) >= 11 is 0. The van der Waals surface area contributed by atoms with E-state index in [1.54, 1.807) is 0 Å². The van der Waals surface area contributed by atoms with Gasteiger partial charge >= 0.3 is 0 Å². The Morgan fingerprint density at radius 2 is 0.800 bits per heavy atom. The van der Waals surface area contributed by atoms with Crippen LogP contribution in [0.5, 0.6) is 5.75 Å². The van der Waals surface area contributed by atoms with Crippen LogP contribution >= 0.6 is 0 Å². The van der Waals surface area contributed by atoms with Gasteiger partial charge in [-0.1, -0.05) is 140 Å². The highest BCUT2D eigenvalue weighted by Gasteiger charge is 2.34. The molecule has 2 aliphatic rings. The van der Waals surface area contributed by atoms with Gasteiger partial charge < -0.3 is 9.15 Å². The van der Waals surface area contributed by atoms with Crippen LogP contribution in [0.1, 0.15) is 17.0 Å². The zero-order valence-electron chi connectivity index (χ0n) is 32.6. The van der Waals surface area contributed by atoms with Gasteiger partial charge in [0.05, 0.1) is 0 Å². The summed E-state index contributed by atoms with van der Waals surface area (Å²) in [7, 11) is 0. The van der Waals surface area contributed by atoms with Crippen LogP contribution in [0.4, 0.5) is 0 Å². The number of hydrogen-bond donors (Lipinski definition) is 0. The average molecular weight is 765 g/mol. The standard InChI is InChI=1S/C58H36O2/c1-3-7-39-25-41(15-9-35(39)5-1)43-17-11-37-13-19-45(29-49(37)27-43)47-21-23-55-51(31-47)53-33-54-52-32-48(22-24-56(52)60-58(54)34-57(53)59-55)46-20-14-38-12-18-44(28-50(38)30-46)42-16-10-36-6-2-4-8-40(36)26-42/h1-34,51,55H. The van der Waals surface area contributed by atoms with Gasteiger partial charge in [-0.25, -0.2) is 0 Å². The van der Waals surface area contributed by atoms with Crippen LogP contribution in [0.2, 0.25) is 0 Å². The molecule has 1 aromatic heterocycles. The summed E-state index contributed by atoms with van der Waals surface area (Å²) in [6, 6.07) is 68.7. The molecule has 0 saturated heterocycles. The summed E-state index contributed by atoms with van der Waals surface area (Å²) in [4.78, 5) is 0. The van der Waals surface area contributed by atoms with Crippen LogP contribution in [-0.2, 0) is 0 Å². The minimum absolute atomic E-state index is 0.0471. The van der Waals surface area contributed by atoms with Crippen molar-refractivity contribution in [3.63, 3.8) is 0 Å². The second-order valence-electron chi connectivity index (χ2n) is 16.5. The average Bonchev–Trinajstić information content (AvgIpc) is 3.85. The Morgan fingerprint density at radius 1 is 0.350 bits per heavy atom. The molecule has 2 heterocycles. The molecule has 1 aliphatic heterocycles. The number of allylic oxidation sites excluding steroid dienone is 2. The van der Waals surface area contributed by atoms with Crippen molar-refractivity contribution >= 4 is 70.6 Å². The first-order chi connectivity index (χ1) is 29.6. The van der Waals surface area contributed by atoms with Crippen molar-refractivity contribution in [2.24, 2.45) is 0 Å². The normalized spacial score (nSPS) is 15.8. The number of ether oxygens (including phenoxy) is 1. The van der Waals surface area contributed by atoms with E-state index < -0.39 is 0 Å². The molecule has 13 rings (SSSR count). The molecule has 11 aromatic rings. The molecule has 0 spiro atoms. The second-order valence-corrected chi connectivity index (χ2v) is 16.5. The molecular formula is C58H36O2. The van der Waals surface area contributed by atoms with Gasteiger partial charge in [0.1, 0.15) is 23.0 Å². The van der Waals surface area contributed by atoms with Gasteiger partial charge in [-0.05, 0) is 148 Å². The molecule has 0 fully saturated rings. The largest absolute Gasteiger partial charge is 0.485 e. The maximum absolute atomic E-state index is 6.57. The van der Waals surface area contributed by atoms with Crippen molar-refractivity contribution in [2.45, 2.75) is 12.0 Å². The molecule has 0 saturated carbocycles. The Bertz CT molecular complexity index is 3660. The van der Waals surface area contributed by atoms with E-state index in [4.69, 9.17) is 9.15 Å². The lowest BCUT2D eigenvalue weighted by Crippen LogP contribution is -2.16. The van der Waals surface area contributed by atoms with Crippen LogP contribution in [0.3, 0.4) is 0 Å². The number of hydrogen-bond acceptors (Lipinski definition) is 2. The predicted molar refractivity (Wildman–Crippen MR) is 251 cm³/mol. The molecule has 60 heavy (non-hydrogen) atoms. The van der Waals surface area contributed by atoms with E-state index in [0.29, 0.717) is 0 Å². The van der Waals surface area contributed by atoms with Crippen LogP contribution < -0.4 is 4.74 Å². The highest BCUT2D eigenvalue weighted by molar-refractivity contribution is 6.08. The summed E-state index contributed by atoms with van der Waals surface area (Å²) in [6.45, 7) is 0. The third-order valence-corrected chi connectivity index (χ3v) is 12.9. The molecule has 10 aromatic carbocycles. The third kappa shape index (κ3) is 5.42. The van der Waals surface area contributed by atoms with Crippen molar-refractivity contribution < 1.29 is 9.15 Å². The van der Waals surface area contributed by atoms with E-state index in [1.165, 1.54) is 93.2 Å². The Labute approximate surface area is 346 Å². The molecule has 2 unspecified atom stereocenters. The Morgan fingerprint density at radius 3 is 1.38 bits per heavy atom. The quantitative estimate of drug-likeness (QED) is 0.178. The SMILES string of the molecule is C1=CC2Oc3cc4oc5ccc(-c6ccc7ccc(-c8ccc9ccccc9c8)cc7c6)cc5c4cc3C2C=C1c1ccc2ccc(-c3ccc4ccccc4c3)cc2c1. The van der Waals surface area contributed by atoms with E-state index in [-0.39, 0.29) is 12.0 Å². The molecular weight excluding hydrogens is 729 g/mol. The maximum Gasteiger partial charge on any atom is 0.139 e. The monoisotopic (exact) mass is 764 g/mol. The van der Waals surface area contributed by atoms with Gasteiger partial charge in [-0.15, -0.1) is 0 Å². The summed E-state index contributed by atoms with van der Waals surface area (Å²) in [6.07, 6.45) is 6.79. The number of furan rings is 1. The van der Waals surface area contributed by atoms with Gasteiger partial charge in [0.2, 0.25) is 0 Å². The zero-order chi connectivity index (χ0) is 39.3. The molecule has 0 N–H and O–H groups in total. The molecule has 1 aliphatic carbocycles. The van der Waals surface area contributed by atoms with Crippen LogP contribution in [0.15, 0.2) is 211 Å². The lowest BCUT2D eigenvalue weighted by molar-refractivity contribution is 0.269.